The van der Waals surface area contributed by atoms with E-state index in [2.05, 4.69) is 0 Å². The number of hydrogen-bond acceptors (Lipinski definition) is 12. The topological polar surface area (TPSA) is 217 Å². The second kappa shape index (κ2) is 4.85. The first kappa shape index (κ1) is 18.0. The van der Waals surface area contributed by atoms with Gasteiger partial charge in [0.25, 0.3) is 0 Å². The molecule has 0 radical (unpaired) electrons. The van der Waals surface area contributed by atoms with E-state index in [0.717, 1.165) is 0 Å². The zero-order chi connectivity index (χ0) is 15.2. The van der Waals surface area contributed by atoms with Gasteiger partial charge in [-0.05, 0) is 0 Å². The molecule has 0 spiro atoms. The molecule has 0 aromatic rings. The van der Waals surface area contributed by atoms with Crippen LogP contribution in [0.15, 0.2) is 0 Å². The molecule has 0 aliphatic carbocycles. The average Bonchev–Trinajstić information content (AvgIpc) is 2.15. The zero-order valence-electron chi connectivity index (χ0n) is 7.35. The predicted octanol–water partition coefficient (Wildman–Crippen LogP) is -4.02. The SMILES string of the molecule is O=S([O-])S(=O)(=O)S(=O)(=O)S(=O)(=O)S(=O)(=O)S(=O)[O-]. The van der Waals surface area contributed by atoms with Gasteiger partial charge in [-0.2, -0.15) is 33.7 Å². The molecule has 0 amide bonds. The Morgan fingerprint density at radius 2 is 0.722 bits per heavy atom. The van der Waals surface area contributed by atoms with Gasteiger partial charge in [0.1, 0.15) is 0 Å². The van der Waals surface area contributed by atoms with Crippen LogP contribution in [0.25, 0.3) is 0 Å². The molecule has 0 bridgehead atoms. The van der Waals surface area contributed by atoms with Crippen LogP contribution >= 0.6 is 0 Å². The molecule has 0 saturated heterocycles. The summed E-state index contributed by atoms with van der Waals surface area (Å²) in [6.45, 7) is 0. The highest BCUT2D eigenvalue weighted by atomic mass is 33.9. The molecular weight excluding hydrogens is 384 g/mol. The first-order chi connectivity index (χ1) is 7.64. The molecule has 0 aliphatic rings. The fourth-order valence-corrected chi connectivity index (χ4v) is 21.4. The lowest BCUT2D eigenvalue weighted by molar-refractivity contribution is 0.540. The summed E-state index contributed by atoms with van der Waals surface area (Å²) < 4.78 is 126. The second-order valence-corrected chi connectivity index (χ2v) is 20.8. The van der Waals surface area contributed by atoms with Crippen LogP contribution in [-0.4, -0.2) is 51.2 Å². The third-order valence-electron chi connectivity index (χ3n) is 1.08. The van der Waals surface area contributed by atoms with Gasteiger partial charge in [-0.25, -0.2) is 0 Å². The van der Waals surface area contributed by atoms with Crippen molar-refractivity contribution in [1.82, 2.24) is 0 Å². The van der Waals surface area contributed by atoms with Crippen molar-refractivity contribution in [3.8, 4) is 0 Å². The van der Waals surface area contributed by atoms with Crippen molar-refractivity contribution in [2.24, 2.45) is 0 Å². The van der Waals surface area contributed by atoms with Crippen LogP contribution < -0.4 is 0 Å². The first-order valence-corrected chi connectivity index (χ1v) is 13.5. The Kier molecular flexibility index (Phi) is 4.85. The van der Waals surface area contributed by atoms with Gasteiger partial charge in [0.15, 0.2) is 0 Å². The predicted molar refractivity (Wildman–Crippen MR) is 53.5 cm³/mol. The Hall–Kier alpha value is 0.0200. The van der Waals surface area contributed by atoms with Gasteiger partial charge >= 0.3 is 31.6 Å². The quantitative estimate of drug-likeness (QED) is 0.327. The van der Waals surface area contributed by atoms with E-state index in [4.69, 9.17) is 0 Å². The molecule has 2 unspecified atom stereocenters. The molecule has 2 atom stereocenters. The smallest absolute Gasteiger partial charge is 0.383 e. The first-order valence-electron chi connectivity index (χ1n) is 2.83. The second-order valence-electron chi connectivity index (χ2n) is 2.04. The lowest BCUT2D eigenvalue weighted by Crippen LogP contribution is -2.33. The van der Waals surface area contributed by atoms with Crippen molar-refractivity contribution in [1.29, 1.82) is 0 Å². The fraction of sp³-hybridized carbons (Fsp3) is 0. The third-order valence-corrected chi connectivity index (χ3v) is 23.7. The minimum atomic E-state index is -6.89. The largest absolute Gasteiger partial charge is 0.759 e. The zero-order valence-corrected chi connectivity index (χ0v) is 12.2. The van der Waals surface area contributed by atoms with E-state index in [9.17, 15) is 51.2 Å². The molecule has 0 rings (SSSR count). The van der Waals surface area contributed by atoms with E-state index in [1.165, 1.54) is 0 Å². The lowest BCUT2D eigenvalue weighted by Gasteiger charge is -2.10. The summed E-state index contributed by atoms with van der Waals surface area (Å²) in [7, 11) is -35.9. The average molecular weight is 384 g/mol. The van der Waals surface area contributed by atoms with Gasteiger partial charge in [-0.1, -0.05) is 0 Å². The molecule has 0 aromatic carbocycles. The van der Waals surface area contributed by atoms with E-state index in [1.54, 1.807) is 0 Å². The molecule has 0 fully saturated rings. The van der Waals surface area contributed by atoms with Crippen molar-refractivity contribution in [3.05, 3.63) is 0 Å². The van der Waals surface area contributed by atoms with Gasteiger partial charge in [0, 0.05) is 0 Å². The fourth-order valence-electron chi connectivity index (χ4n) is 0.340. The highest BCUT2D eigenvalue weighted by molar-refractivity contribution is 9.30. The summed E-state index contributed by atoms with van der Waals surface area (Å²) in [5, 5.41) is 0. The Bertz CT molecular complexity index is 721. The Morgan fingerprint density at radius 3 is 0.833 bits per heavy atom. The van der Waals surface area contributed by atoms with E-state index < -0.39 is 51.8 Å². The summed E-state index contributed by atoms with van der Waals surface area (Å²) in [5.41, 5.74) is 0. The van der Waals surface area contributed by atoms with Crippen LogP contribution in [0.4, 0.5) is 0 Å². The van der Waals surface area contributed by atoms with Crippen LogP contribution in [0, 0.1) is 0 Å². The summed E-state index contributed by atoms with van der Waals surface area (Å²) in [6, 6.07) is 0. The standard InChI is InChI=1S/H2O12S6/c1-13(2)15(5,6)17(9,10)18(11,12)16(7,8)14(3)4/h(H,1,2)(H,3,4)/p-2. The molecule has 110 valence electrons. The molecule has 0 heterocycles. The maximum absolute atomic E-state index is 10.8. The van der Waals surface area contributed by atoms with Crippen LogP contribution in [0.3, 0.4) is 0 Å². The highest BCUT2D eigenvalue weighted by Crippen LogP contribution is 2.22. The van der Waals surface area contributed by atoms with Gasteiger partial charge in [-0.3, -0.25) is 8.42 Å². The van der Waals surface area contributed by atoms with E-state index in [0.29, 0.717) is 0 Å². The third kappa shape index (κ3) is 2.37. The molecule has 0 aliphatic heterocycles. The Balaban J connectivity index is 6.70. The molecule has 18 heavy (non-hydrogen) atoms. The van der Waals surface area contributed by atoms with Gasteiger partial charge < -0.3 is 9.11 Å². The normalized spacial score (nSPS) is 18.1. The molecule has 0 saturated carbocycles. The Labute approximate surface area is 103 Å². The van der Waals surface area contributed by atoms with Crippen molar-refractivity contribution in [2.45, 2.75) is 0 Å². The van der Waals surface area contributed by atoms with Crippen LogP contribution in [0.5, 0.6) is 0 Å². The molecule has 18 heteroatoms. The Morgan fingerprint density at radius 1 is 0.556 bits per heavy atom. The van der Waals surface area contributed by atoms with Gasteiger partial charge in [-0.15, -0.1) is 0 Å². The van der Waals surface area contributed by atoms with Crippen molar-refractivity contribution < 1.29 is 51.2 Å². The van der Waals surface area contributed by atoms with E-state index >= 15 is 0 Å². The molecule has 0 aromatic heterocycles. The maximum Gasteiger partial charge on any atom is 0.383 e. The van der Waals surface area contributed by atoms with E-state index in [-0.39, 0.29) is 0 Å². The lowest BCUT2D eigenvalue weighted by atomic mass is 15.9. The number of rotatable bonds is 5. The summed E-state index contributed by atoms with van der Waals surface area (Å²) in [6.07, 6.45) is 0. The monoisotopic (exact) mass is 384 g/mol. The number of hydrogen-bond donors (Lipinski definition) is 0. The molecule has 0 N–H and O–H groups in total. The minimum Gasteiger partial charge on any atom is -0.759 e. The summed E-state index contributed by atoms with van der Waals surface area (Å²) in [4.78, 5) is 0. The van der Waals surface area contributed by atoms with Gasteiger partial charge in [0.2, 0.25) is 0 Å². The molecule has 12 nitrogen and oxygen atoms in total. The van der Waals surface area contributed by atoms with Gasteiger partial charge in [0.05, 0.1) is 20.2 Å². The summed E-state index contributed by atoms with van der Waals surface area (Å²) in [5.74, 6) is 0. The highest BCUT2D eigenvalue weighted by Gasteiger charge is 2.53. The maximum atomic E-state index is 10.8. The van der Waals surface area contributed by atoms with Crippen LogP contribution in [-0.2, 0) is 51.8 Å². The van der Waals surface area contributed by atoms with Crippen LogP contribution in [0.1, 0.15) is 0 Å². The van der Waals surface area contributed by atoms with Crippen LogP contribution in [0.2, 0.25) is 0 Å². The summed E-state index contributed by atoms with van der Waals surface area (Å²) >= 11 is 0. The van der Waals surface area contributed by atoms with Crippen molar-refractivity contribution in [3.63, 3.8) is 0 Å². The minimum absolute atomic E-state index is 4.55. The van der Waals surface area contributed by atoms with E-state index in [1.807, 2.05) is 0 Å². The van der Waals surface area contributed by atoms with Crippen molar-refractivity contribution >= 4 is 51.8 Å². The molecular formula is O12S6-2. The van der Waals surface area contributed by atoms with Crippen molar-refractivity contribution in [2.75, 3.05) is 0 Å².